The molecular formula is C18H32INO3. The Morgan fingerprint density at radius 1 is 1.52 bits per heavy atom. The van der Waals surface area contributed by atoms with E-state index in [2.05, 4.69) is 48.3 Å². The predicted molar refractivity (Wildman–Crippen MR) is 103 cm³/mol. The molecule has 0 bridgehead atoms. The topological polar surface area (TPSA) is 47.6 Å². The molecule has 0 aromatic carbocycles. The fourth-order valence-electron chi connectivity index (χ4n) is 3.16. The van der Waals surface area contributed by atoms with E-state index in [1.165, 1.54) is 0 Å². The molecule has 1 amide bonds. The molecular weight excluding hydrogens is 405 g/mol. The van der Waals surface area contributed by atoms with Crippen LogP contribution in [0, 0.1) is 5.92 Å². The second-order valence-electron chi connectivity index (χ2n) is 7.55. The summed E-state index contributed by atoms with van der Waals surface area (Å²) in [6, 6.07) is 0.154. The maximum Gasteiger partial charge on any atom is 0.217 e. The lowest BCUT2D eigenvalue weighted by Crippen LogP contribution is -2.39. The molecule has 134 valence electrons. The molecule has 1 heterocycles. The van der Waals surface area contributed by atoms with Gasteiger partial charge in [-0.15, -0.1) is 6.58 Å². The Kier molecular flexibility index (Phi) is 8.01. The minimum absolute atomic E-state index is 0.0236. The Labute approximate surface area is 154 Å². The standard InChI is InChI=1S/C18H32INO3/c1-7-8-9-15(20-13(2)21)10-14(11-17(3,4)19)16-12-22-18(5,6)23-16/h7,14-16H,1,8-12H2,2-6H3,(H,20,21)/t14-,15-,16-/m1/s1. The summed E-state index contributed by atoms with van der Waals surface area (Å²) in [7, 11) is 0. The van der Waals surface area contributed by atoms with Gasteiger partial charge in [-0.2, -0.15) is 0 Å². The molecule has 4 nitrogen and oxygen atoms in total. The van der Waals surface area contributed by atoms with Crippen LogP contribution in [0.5, 0.6) is 0 Å². The van der Waals surface area contributed by atoms with E-state index >= 15 is 0 Å². The van der Waals surface area contributed by atoms with Crippen LogP contribution in [0.1, 0.15) is 60.3 Å². The zero-order chi connectivity index (χ0) is 17.7. The van der Waals surface area contributed by atoms with Gasteiger partial charge in [-0.25, -0.2) is 0 Å². The molecule has 0 saturated carbocycles. The number of alkyl halides is 1. The number of carbonyl (C=O) groups excluding carboxylic acids is 1. The van der Waals surface area contributed by atoms with Crippen LogP contribution in [0.25, 0.3) is 0 Å². The summed E-state index contributed by atoms with van der Waals surface area (Å²) < 4.78 is 12.1. The Morgan fingerprint density at radius 3 is 2.61 bits per heavy atom. The molecule has 0 radical (unpaired) electrons. The van der Waals surface area contributed by atoms with Gasteiger partial charge in [0.05, 0.1) is 12.7 Å². The summed E-state index contributed by atoms with van der Waals surface area (Å²) in [5.41, 5.74) is 0. The van der Waals surface area contributed by atoms with Crippen LogP contribution in [-0.2, 0) is 14.3 Å². The van der Waals surface area contributed by atoms with Crippen molar-refractivity contribution in [2.75, 3.05) is 6.61 Å². The monoisotopic (exact) mass is 437 g/mol. The van der Waals surface area contributed by atoms with E-state index in [9.17, 15) is 4.79 Å². The molecule has 1 aliphatic heterocycles. The number of hydrogen-bond donors (Lipinski definition) is 1. The molecule has 0 spiro atoms. The Balaban J connectivity index is 2.80. The molecule has 23 heavy (non-hydrogen) atoms. The third-order valence-corrected chi connectivity index (χ3v) is 4.46. The third kappa shape index (κ3) is 8.49. The first-order valence-corrected chi connectivity index (χ1v) is 9.49. The van der Waals surface area contributed by atoms with Crippen molar-refractivity contribution in [1.82, 2.24) is 5.32 Å². The average Bonchev–Trinajstić information content (AvgIpc) is 2.73. The van der Waals surface area contributed by atoms with Crippen LogP contribution in [0.3, 0.4) is 0 Å². The number of allylic oxidation sites excluding steroid dienone is 1. The van der Waals surface area contributed by atoms with E-state index in [1.807, 2.05) is 19.9 Å². The second-order valence-corrected chi connectivity index (χ2v) is 10.5. The zero-order valence-corrected chi connectivity index (χ0v) is 17.3. The maximum atomic E-state index is 11.5. The molecule has 1 rings (SSSR count). The largest absolute Gasteiger partial charge is 0.354 e. The third-order valence-electron chi connectivity index (χ3n) is 4.02. The smallest absolute Gasteiger partial charge is 0.217 e. The predicted octanol–water partition coefficient (Wildman–Crippen LogP) is 4.22. The van der Waals surface area contributed by atoms with Crippen molar-refractivity contribution in [2.24, 2.45) is 5.92 Å². The van der Waals surface area contributed by atoms with E-state index in [-0.39, 0.29) is 21.5 Å². The summed E-state index contributed by atoms with van der Waals surface area (Å²) >= 11 is 2.49. The van der Waals surface area contributed by atoms with Crippen molar-refractivity contribution in [2.45, 2.75) is 81.7 Å². The van der Waals surface area contributed by atoms with Crippen LogP contribution in [0.4, 0.5) is 0 Å². The van der Waals surface area contributed by atoms with Gasteiger partial charge in [0.1, 0.15) is 0 Å². The highest BCUT2D eigenvalue weighted by Crippen LogP contribution is 2.36. The van der Waals surface area contributed by atoms with Crippen LogP contribution in [-0.4, -0.2) is 33.9 Å². The highest BCUT2D eigenvalue weighted by Gasteiger charge is 2.39. The van der Waals surface area contributed by atoms with Crippen molar-refractivity contribution in [3.05, 3.63) is 12.7 Å². The summed E-state index contributed by atoms with van der Waals surface area (Å²) in [6.07, 6.45) is 5.74. The molecule has 1 N–H and O–H groups in total. The Bertz CT molecular complexity index is 404. The van der Waals surface area contributed by atoms with Crippen LogP contribution >= 0.6 is 22.6 Å². The SMILES string of the molecule is C=CCC[C@H](C[C@H](CC(C)(C)I)[C@H]1COC(C)(C)O1)NC(C)=O. The van der Waals surface area contributed by atoms with Crippen molar-refractivity contribution < 1.29 is 14.3 Å². The summed E-state index contributed by atoms with van der Waals surface area (Å²) in [5.74, 6) is -0.135. The highest BCUT2D eigenvalue weighted by molar-refractivity contribution is 14.1. The second kappa shape index (κ2) is 8.81. The minimum Gasteiger partial charge on any atom is -0.354 e. The van der Waals surface area contributed by atoms with E-state index < -0.39 is 5.79 Å². The summed E-state index contributed by atoms with van der Waals surface area (Å²) in [6.45, 7) is 14.4. The molecule has 0 aliphatic carbocycles. The first kappa shape index (κ1) is 20.9. The lowest BCUT2D eigenvalue weighted by molar-refractivity contribution is -0.145. The number of halogens is 1. The molecule has 3 atom stereocenters. The number of amides is 1. The van der Waals surface area contributed by atoms with Gasteiger partial charge in [-0.05, 0) is 45.4 Å². The van der Waals surface area contributed by atoms with Gasteiger partial charge in [0.15, 0.2) is 5.79 Å². The van der Waals surface area contributed by atoms with Gasteiger partial charge in [0.25, 0.3) is 0 Å². The van der Waals surface area contributed by atoms with E-state index in [4.69, 9.17) is 9.47 Å². The zero-order valence-electron chi connectivity index (χ0n) is 15.2. The molecule has 1 aliphatic rings. The fraction of sp³-hybridized carbons (Fsp3) is 0.833. The molecule has 0 aromatic heterocycles. The van der Waals surface area contributed by atoms with E-state index in [0.29, 0.717) is 12.5 Å². The van der Waals surface area contributed by atoms with Crippen LogP contribution in [0.2, 0.25) is 0 Å². The van der Waals surface area contributed by atoms with Crippen molar-refractivity contribution in [3.63, 3.8) is 0 Å². The van der Waals surface area contributed by atoms with Gasteiger partial charge < -0.3 is 14.8 Å². The highest BCUT2D eigenvalue weighted by atomic mass is 127. The van der Waals surface area contributed by atoms with Crippen LogP contribution < -0.4 is 5.32 Å². The minimum atomic E-state index is -0.511. The molecule has 1 fully saturated rings. The summed E-state index contributed by atoms with van der Waals surface area (Å²) in [4.78, 5) is 11.5. The Morgan fingerprint density at radius 2 is 2.17 bits per heavy atom. The molecule has 1 saturated heterocycles. The molecule has 0 unspecified atom stereocenters. The lowest BCUT2D eigenvalue weighted by Gasteiger charge is -2.32. The first-order chi connectivity index (χ1) is 10.5. The normalized spacial score (nSPS) is 23.3. The number of rotatable bonds is 9. The summed E-state index contributed by atoms with van der Waals surface area (Å²) in [5, 5.41) is 3.09. The molecule has 5 heteroatoms. The van der Waals surface area contributed by atoms with Crippen LogP contribution in [0.15, 0.2) is 12.7 Å². The van der Waals surface area contributed by atoms with E-state index in [1.54, 1.807) is 6.92 Å². The Hall–Kier alpha value is -0.140. The van der Waals surface area contributed by atoms with Gasteiger partial charge >= 0.3 is 0 Å². The lowest BCUT2D eigenvalue weighted by atomic mass is 9.85. The number of carbonyl (C=O) groups is 1. The maximum absolute atomic E-state index is 11.5. The number of ether oxygens (including phenoxy) is 2. The molecule has 0 aromatic rings. The quantitative estimate of drug-likeness (QED) is 0.334. The average molecular weight is 437 g/mol. The van der Waals surface area contributed by atoms with Crippen molar-refractivity contribution in [1.29, 1.82) is 0 Å². The van der Waals surface area contributed by atoms with Gasteiger partial charge in [0, 0.05) is 16.4 Å². The van der Waals surface area contributed by atoms with Crippen molar-refractivity contribution in [3.8, 4) is 0 Å². The van der Waals surface area contributed by atoms with Gasteiger partial charge in [0.2, 0.25) is 5.91 Å². The first-order valence-electron chi connectivity index (χ1n) is 8.41. The number of nitrogens with one attached hydrogen (secondary N) is 1. The number of hydrogen-bond acceptors (Lipinski definition) is 3. The van der Waals surface area contributed by atoms with Gasteiger partial charge in [-0.3, -0.25) is 4.79 Å². The van der Waals surface area contributed by atoms with Crippen molar-refractivity contribution >= 4 is 28.5 Å². The fourth-order valence-corrected chi connectivity index (χ4v) is 3.72. The van der Waals surface area contributed by atoms with E-state index in [0.717, 1.165) is 25.7 Å². The van der Waals surface area contributed by atoms with Gasteiger partial charge in [-0.1, -0.05) is 42.5 Å².